The zero-order valence-electron chi connectivity index (χ0n) is 10.6. The minimum atomic E-state index is -0.613. The highest BCUT2D eigenvalue weighted by Gasteiger charge is 2.17. The van der Waals surface area contributed by atoms with Gasteiger partial charge in [0.05, 0.1) is 6.10 Å². The molecule has 96 valence electrons. The van der Waals surface area contributed by atoms with Crippen molar-refractivity contribution < 1.29 is 14.3 Å². The molecular formula is C14H15ClO3. The van der Waals surface area contributed by atoms with Crippen molar-refractivity contribution in [1.82, 2.24) is 0 Å². The second-order valence-corrected chi connectivity index (χ2v) is 4.56. The standard InChI is InChI=1S/C14H15ClO3/c1-9(2)18-14(17)13(10(3)16)8-11-5-4-6-12(15)7-11/h4-9H,1-3H3. The van der Waals surface area contributed by atoms with Gasteiger partial charge in [0.15, 0.2) is 5.78 Å². The highest BCUT2D eigenvalue weighted by Crippen LogP contribution is 2.15. The summed E-state index contributed by atoms with van der Waals surface area (Å²) in [5, 5.41) is 0.545. The molecule has 18 heavy (non-hydrogen) atoms. The first-order chi connectivity index (χ1) is 8.40. The van der Waals surface area contributed by atoms with Crippen molar-refractivity contribution in [3.63, 3.8) is 0 Å². The number of carbonyl (C=O) groups is 2. The lowest BCUT2D eigenvalue weighted by Gasteiger charge is -2.09. The monoisotopic (exact) mass is 266 g/mol. The maximum absolute atomic E-state index is 11.7. The molecule has 0 spiro atoms. The lowest BCUT2D eigenvalue weighted by atomic mass is 10.1. The Labute approximate surface area is 111 Å². The van der Waals surface area contributed by atoms with Crippen LogP contribution in [-0.2, 0) is 14.3 Å². The molecule has 0 aliphatic rings. The molecule has 3 nitrogen and oxygen atoms in total. The number of hydrogen-bond donors (Lipinski definition) is 0. The number of esters is 1. The van der Waals surface area contributed by atoms with Crippen LogP contribution in [0.15, 0.2) is 29.8 Å². The normalized spacial score (nSPS) is 11.5. The van der Waals surface area contributed by atoms with E-state index >= 15 is 0 Å². The smallest absolute Gasteiger partial charge is 0.342 e. The summed E-state index contributed by atoms with van der Waals surface area (Å²) in [6, 6.07) is 6.91. The molecule has 0 atom stereocenters. The third-order valence-electron chi connectivity index (χ3n) is 2.10. The summed E-state index contributed by atoms with van der Waals surface area (Å²) < 4.78 is 5.02. The average molecular weight is 267 g/mol. The van der Waals surface area contributed by atoms with Crippen LogP contribution in [0, 0.1) is 0 Å². The van der Waals surface area contributed by atoms with Gasteiger partial charge in [0.1, 0.15) is 5.57 Å². The second-order valence-electron chi connectivity index (χ2n) is 4.12. The minimum Gasteiger partial charge on any atom is -0.459 e. The SMILES string of the molecule is CC(=O)C(=Cc1cccc(Cl)c1)C(=O)OC(C)C. The Hall–Kier alpha value is -1.61. The first kappa shape index (κ1) is 14.5. The molecule has 0 amide bonds. The van der Waals surface area contributed by atoms with Crippen LogP contribution in [-0.4, -0.2) is 17.9 Å². The first-order valence-corrected chi connectivity index (χ1v) is 5.97. The highest BCUT2D eigenvalue weighted by atomic mass is 35.5. The number of rotatable bonds is 4. The van der Waals surface area contributed by atoms with Gasteiger partial charge in [-0.15, -0.1) is 0 Å². The van der Waals surface area contributed by atoms with Gasteiger partial charge in [0, 0.05) is 5.02 Å². The van der Waals surface area contributed by atoms with Crippen LogP contribution in [0.5, 0.6) is 0 Å². The van der Waals surface area contributed by atoms with E-state index in [1.165, 1.54) is 13.0 Å². The fraction of sp³-hybridized carbons (Fsp3) is 0.286. The Morgan fingerprint density at radius 2 is 2.00 bits per heavy atom. The van der Waals surface area contributed by atoms with Gasteiger partial charge >= 0.3 is 5.97 Å². The summed E-state index contributed by atoms with van der Waals surface area (Å²) >= 11 is 5.84. The lowest BCUT2D eigenvalue weighted by Crippen LogP contribution is -2.17. The van der Waals surface area contributed by atoms with Crippen LogP contribution in [0.2, 0.25) is 5.02 Å². The van der Waals surface area contributed by atoms with Gasteiger partial charge in [-0.05, 0) is 44.5 Å². The van der Waals surface area contributed by atoms with Crippen molar-refractivity contribution >= 4 is 29.4 Å². The van der Waals surface area contributed by atoms with Gasteiger partial charge in [-0.2, -0.15) is 0 Å². The molecule has 0 aliphatic carbocycles. The van der Waals surface area contributed by atoms with E-state index in [1.807, 2.05) is 0 Å². The van der Waals surface area contributed by atoms with E-state index in [0.717, 1.165) is 0 Å². The number of benzene rings is 1. The Balaban J connectivity index is 3.05. The van der Waals surface area contributed by atoms with Crippen molar-refractivity contribution in [3.05, 3.63) is 40.4 Å². The molecule has 4 heteroatoms. The zero-order chi connectivity index (χ0) is 13.7. The van der Waals surface area contributed by atoms with Crippen molar-refractivity contribution in [2.45, 2.75) is 26.9 Å². The van der Waals surface area contributed by atoms with Crippen molar-refractivity contribution in [2.24, 2.45) is 0 Å². The maximum Gasteiger partial charge on any atom is 0.342 e. The Morgan fingerprint density at radius 1 is 1.33 bits per heavy atom. The fourth-order valence-corrected chi connectivity index (χ4v) is 1.54. The minimum absolute atomic E-state index is 0.0194. The summed E-state index contributed by atoms with van der Waals surface area (Å²) in [4.78, 5) is 23.2. The third-order valence-corrected chi connectivity index (χ3v) is 2.34. The third kappa shape index (κ3) is 4.34. The molecule has 0 radical (unpaired) electrons. The van der Waals surface area contributed by atoms with Gasteiger partial charge in [0.25, 0.3) is 0 Å². The van der Waals surface area contributed by atoms with E-state index in [9.17, 15) is 9.59 Å². The predicted molar refractivity (Wildman–Crippen MR) is 71.3 cm³/mol. The molecule has 0 heterocycles. The summed E-state index contributed by atoms with van der Waals surface area (Å²) in [7, 11) is 0. The molecule has 0 unspecified atom stereocenters. The van der Waals surface area contributed by atoms with Crippen LogP contribution in [0.1, 0.15) is 26.3 Å². The Bertz CT molecular complexity index is 490. The van der Waals surface area contributed by atoms with Gasteiger partial charge in [-0.25, -0.2) is 4.79 Å². The maximum atomic E-state index is 11.7. The van der Waals surface area contributed by atoms with Crippen molar-refractivity contribution in [1.29, 1.82) is 0 Å². The van der Waals surface area contributed by atoms with Crippen LogP contribution in [0.3, 0.4) is 0 Å². The van der Waals surface area contributed by atoms with Crippen molar-refractivity contribution in [3.8, 4) is 0 Å². The largest absolute Gasteiger partial charge is 0.459 e. The molecule has 0 fully saturated rings. The topological polar surface area (TPSA) is 43.4 Å². The molecule has 1 aromatic rings. The summed E-state index contributed by atoms with van der Waals surface area (Å²) in [6.07, 6.45) is 1.22. The number of ketones is 1. The van der Waals surface area contributed by atoms with Gasteiger partial charge < -0.3 is 4.74 Å². The molecule has 0 saturated carbocycles. The summed E-state index contributed by atoms with van der Waals surface area (Å²) in [5.74, 6) is -0.946. The van der Waals surface area contributed by atoms with Crippen molar-refractivity contribution in [2.75, 3.05) is 0 Å². The average Bonchev–Trinajstić information content (AvgIpc) is 2.24. The number of carbonyl (C=O) groups excluding carboxylic acids is 2. The van der Waals surface area contributed by atoms with E-state index < -0.39 is 5.97 Å². The van der Waals surface area contributed by atoms with E-state index in [1.54, 1.807) is 38.1 Å². The number of ether oxygens (including phenoxy) is 1. The van der Waals surface area contributed by atoms with E-state index in [4.69, 9.17) is 16.3 Å². The Kier molecular flexibility index (Phi) is 5.10. The summed E-state index contributed by atoms with van der Waals surface area (Å²) in [5.41, 5.74) is 0.708. The van der Waals surface area contributed by atoms with E-state index in [-0.39, 0.29) is 17.5 Å². The number of halogens is 1. The molecule has 0 N–H and O–H groups in total. The molecular weight excluding hydrogens is 252 g/mol. The van der Waals surface area contributed by atoms with Crippen LogP contribution >= 0.6 is 11.6 Å². The van der Waals surface area contributed by atoms with E-state index in [2.05, 4.69) is 0 Å². The van der Waals surface area contributed by atoms with Crippen LogP contribution in [0.4, 0.5) is 0 Å². The van der Waals surface area contributed by atoms with Gasteiger partial charge in [-0.1, -0.05) is 23.7 Å². The summed E-state index contributed by atoms with van der Waals surface area (Å²) in [6.45, 7) is 4.79. The number of Topliss-reactive ketones (excluding diaryl/α,β-unsaturated/α-hetero) is 1. The van der Waals surface area contributed by atoms with Crippen LogP contribution < -0.4 is 0 Å². The predicted octanol–water partition coefficient (Wildman–Crippen LogP) is 3.26. The lowest BCUT2D eigenvalue weighted by molar-refractivity contribution is -0.143. The van der Waals surface area contributed by atoms with Crippen LogP contribution in [0.25, 0.3) is 6.08 Å². The Morgan fingerprint density at radius 3 is 2.50 bits per heavy atom. The van der Waals surface area contributed by atoms with E-state index in [0.29, 0.717) is 10.6 Å². The fourth-order valence-electron chi connectivity index (χ4n) is 1.34. The first-order valence-electron chi connectivity index (χ1n) is 5.59. The van der Waals surface area contributed by atoms with Gasteiger partial charge in [-0.3, -0.25) is 4.79 Å². The zero-order valence-corrected chi connectivity index (χ0v) is 11.3. The quantitative estimate of drug-likeness (QED) is 0.364. The second kappa shape index (κ2) is 6.36. The molecule has 0 saturated heterocycles. The number of hydrogen-bond acceptors (Lipinski definition) is 3. The van der Waals surface area contributed by atoms with Gasteiger partial charge in [0.2, 0.25) is 0 Å². The molecule has 1 rings (SSSR count). The molecule has 0 aromatic heterocycles. The molecule has 0 bridgehead atoms. The molecule has 0 aliphatic heterocycles. The highest BCUT2D eigenvalue weighted by molar-refractivity contribution is 6.30. The molecule has 1 aromatic carbocycles.